The molecule has 0 amide bonds. The molecule has 0 saturated heterocycles. The van der Waals surface area contributed by atoms with Gasteiger partial charge in [0.15, 0.2) is 0 Å². The molecule has 2 aliphatic rings. The zero-order valence-electron chi connectivity index (χ0n) is 10.1. The molecule has 1 aromatic rings. The predicted octanol–water partition coefficient (Wildman–Crippen LogP) is 3.30. The van der Waals surface area contributed by atoms with Crippen molar-refractivity contribution in [1.82, 2.24) is 10.3 Å². The van der Waals surface area contributed by atoms with Crippen molar-refractivity contribution in [3.05, 3.63) is 16.6 Å². The standard InChI is InChI=1S/C13H20N2S/c1-12(2)5-6-13(9-12,15-10-3-4-10)11-14-7-8-16-11/h7-8,10,15H,3-6,9H2,1-2H3. The molecule has 0 aliphatic heterocycles. The van der Waals surface area contributed by atoms with Gasteiger partial charge in [-0.25, -0.2) is 4.98 Å². The fourth-order valence-corrected chi connectivity index (χ4v) is 3.82. The molecule has 1 atom stereocenters. The average molecular weight is 236 g/mol. The normalized spacial score (nSPS) is 33.1. The number of nitrogens with one attached hydrogen (secondary N) is 1. The second kappa shape index (κ2) is 3.54. The first-order valence-electron chi connectivity index (χ1n) is 6.27. The van der Waals surface area contributed by atoms with Gasteiger partial charge < -0.3 is 5.32 Å². The van der Waals surface area contributed by atoms with Crippen LogP contribution in [0.2, 0.25) is 0 Å². The molecule has 3 heteroatoms. The van der Waals surface area contributed by atoms with Gasteiger partial charge in [-0.2, -0.15) is 0 Å². The van der Waals surface area contributed by atoms with Gasteiger partial charge >= 0.3 is 0 Å². The van der Waals surface area contributed by atoms with Gasteiger partial charge in [0.05, 0.1) is 5.54 Å². The Morgan fingerprint density at radius 3 is 2.69 bits per heavy atom. The molecule has 0 bridgehead atoms. The van der Waals surface area contributed by atoms with E-state index in [9.17, 15) is 0 Å². The van der Waals surface area contributed by atoms with E-state index >= 15 is 0 Å². The predicted molar refractivity (Wildman–Crippen MR) is 67.6 cm³/mol. The largest absolute Gasteiger partial charge is 0.303 e. The maximum atomic E-state index is 4.57. The Hall–Kier alpha value is -0.410. The van der Waals surface area contributed by atoms with Crippen molar-refractivity contribution in [3.8, 4) is 0 Å². The molecule has 0 spiro atoms. The SMILES string of the molecule is CC1(C)CCC(NC2CC2)(c2nccs2)C1. The topological polar surface area (TPSA) is 24.9 Å². The van der Waals surface area contributed by atoms with E-state index in [2.05, 4.69) is 29.5 Å². The van der Waals surface area contributed by atoms with Crippen molar-refractivity contribution in [1.29, 1.82) is 0 Å². The first-order chi connectivity index (χ1) is 7.60. The molecular weight excluding hydrogens is 216 g/mol. The summed E-state index contributed by atoms with van der Waals surface area (Å²) in [6, 6.07) is 0.762. The van der Waals surface area contributed by atoms with Gasteiger partial charge in [-0.3, -0.25) is 0 Å². The van der Waals surface area contributed by atoms with Crippen molar-refractivity contribution in [3.63, 3.8) is 0 Å². The molecule has 16 heavy (non-hydrogen) atoms. The number of aromatic nitrogens is 1. The van der Waals surface area contributed by atoms with Crippen LogP contribution in [0.25, 0.3) is 0 Å². The van der Waals surface area contributed by atoms with Gasteiger partial charge in [0, 0.05) is 17.6 Å². The molecule has 2 nitrogen and oxygen atoms in total. The highest BCUT2D eigenvalue weighted by atomic mass is 32.1. The van der Waals surface area contributed by atoms with E-state index < -0.39 is 0 Å². The molecule has 0 aromatic carbocycles. The summed E-state index contributed by atoms with van der Waals surface area (Å²) in [5, 5.41) is 7.29. The van der Waals surface area contributed by atoms with Gasteiger partial charge in [-0.15, -0.1) is 11.3 Å². The minimum absolute atomic E-state index is 0.193. The molecule has 1 heterocycles. The fraction of sp³-hybridized carbons (Fsp3) is 0.769. The Bertz CT molecular complexity index is 367. The van der Waals surface area contributed by atoms with Crippen molar-refractivity contribution in [2.24, 2.45) is 5.41 Å². The highest BCUT2D eigenvalue weighted by Gasteiger charge is 2.48. The first kappa shape index (κ1) is 10.7. The minimum atomic E-state index is 0.193. The van der Waals surface area contributed by atoms with Crippen molar-refractivity contribution < 1.29 is 0 Å². The highest BCUT2D eigenvalue weighted by Crippen LogP contribution is 2.50. The van der Waals surface area contributed by atoms with E-state index in [4.69, 9.17) is 0 Å². The van der Waals surface area contributed by atoms with Crippen LogP contribution in [0.15, 0.2) is 11.6 Å². The van der Waals surface area contributed by atoms with Crippen LogP contribution < -0.4 is 5.32 Å². The Balaban J connectivity index is 1.89. The zero-order valence-corrected chi connectivity index (χ0v) is 10.9. The van der Waals surface area contributed by atoms with Crippen LogP contribution in [0.4, 0.5) is 0 Å². The van der Waals surface area contributed by atoms with Crippen molar-refractivity contribution in [2.45, 2.75) is 57.5 Å². The molecular formula is C13H20N2S. The Morgan fingerprint density at radius 2 is 2.19 bits per heavy atom. The molecule has 2 fully saturated rings. The average Bonchev–Trinajstić information content (AvgIpc) is 2.77. The summed E-state index contributed by atoms with van der Waals surface area (Å²) in [5.41, 5.74) is 0.659. The fourth-order valence-electron chi connectivity index (χ4n) is 2.99. The van der Waals surface area contributed by atoms with Crippen LogP contribution in [0.1, 0.15) is 51.0 Å². The lowest BCUT2D eigenvalue weighted by Gasteiger charge is -2.30. The van der Waals surface area contributed by atoms with E-state index in [0.717, 1.165) is 6.04 Å². The second-order valence-electron chi connectivity index (χ2n) is 6.18. The molecule has 1 N–H and O–H groups in total. The third-order valence-electron chi connectivity index (χ3n) is 3.91. The molecule has 88 valence electrons. The lowest BCUT2D eigenvalue weighted by Crippen LogP contribution is -2.42. The van der Waals surface area contributed by atoms with E-state index in [0.29, 0.717) is 5.41 Å². The summed E-state index contributed by atoms with van der Waals surface area (Å²) in [6.07, 6.45) is 8.46. The molecule has 3 rings (SSSR count). The Morgan fingerprint density at radius 1 is 1.38 bits per heavy atom. The number of rotatable bonds is 3. The monoisotopic (exact) mass is 236 g/mol. The van der Waals surface area contributed by atoms with Gasteiger partial charge in [-0.1, -0.05) is 13.8 Å². The lowest BCUT2D eigenvalue weighted by molar-refractivity contribution is 0.285. The molecule has 1 unspecified atom stereocenters. The van der Waals surface area contributed by atoms with Crippen LogP contribution in [-0.2, 0) is 5.54 Å². The second-order valence-corrected chi connectivity index (χ2v) is 7.07. The van der Waals surface area contributed by atoms with Gasteiger partial charge in [-0.05, 0) is 37.5 Å². The van der Waals surface area contributed by atoms with E-state index in [1.807, 2.05) is 17.5 Å². The quantitative estimate of drug-likeness (QED) is 0.871. The van der Waals surface area contributed by atoms with Crippen LogP contribution >= 0.6 is 11.3 Å². The number of thiazole rings is 1. The first-order valence-corrected chi connectivity index (χ1v) is 7.15. The van der Waals surface area contributed by atoms with Crippen molar-refractivity contribution in [2.75, 3.05) is 0 Å². The van der Waals surface area contributed by atoms with E-state index in [1.165, 1.54) is 37.1 Å². The summed E-state index contributed by atoms with van der Waals surface area (Å²) in [7, 11) is 0. The summed E-state index contributed by atoms with van der Waals surface area (Å²) >= 11 is 1.82. The van der Waals surface area contributed by atoms with Crippen LogP contribution in [0.3, 0.4) is 0 Å². The van der Waals surface area contributed by atoms with Gasteiger partial charge in [0.2, 0.25) is 0 Å². The van der Waals surface area contributed by atoms with Gasteiger partial charge in [0.1, 0.15) is 5.01 Å². The third kappa shape index (κ3) is 1.91. The van der Waals surface area contributed by atoms with E-state index in [-0.39, 0.29) is 5.54 Å². The smallest absolute Gasteiger partial charge is 0.113 e. The van der Waals surface area contributed by atoms with Crippen LogP contribution in [0, 0.1) is 5.41 Å². The van der Waals surface area contributed by atoms with Crippen molar-refractivity contribution >= 4 is 11.3 Å². The maximum absolute atomic E-state index is 4.57. The van der Waals surface area contributed by atoms with Gasteiger partial charge in [0.25, 0.3) is 0 Å². The highest BCUT2D eigenvalue weighted by molar-refractivity contribution is 7.09. The van der Waals surface area contributed by atoms with Crippen LogP contribution in [0.5, 0.6) is 0 Å². The molecule has 1 aromatic heterocycles. The summed E-state index contributed by atoms with van der Waals surface area (Å²) in [4.78, 5) is 4.57. The maximum Gasteiger partial charge on any atom is 0.113 e. The Kier molecular flexibility index (Phi) is 2.37. The van der Waals surface area contributed by atoms with E-state index in [1.54, 1.807) is 0 Å². The number of hydrogen-bond donors (Lipinski definition) is 1. The summed E-state index contributed by atoms with van der Waals surface area (Å²) in [6.45, 7) is 4.77. The third-order valence-corrected chi connectivity index (χ3v) is 4.89. The summed E-state index contributed by atoms with van der Waals surface area (Å²) < 4.78 is 0. The Labute approximate surface area is 101 Å². The number of nitrogens with zero attached hydrogens (tertiary/aromatic N) is 1. The molecule has 2 aliphatic carbocycles. The number of hydrogen-bond acceptors (Lipinski definition) is 3. The minimum Gasteiger partial charge on any atom is -0.303 e. The molecule has 0 radical (unpaired) electrons. The summed E-state index contributed by atoms with van der Waals surface area (Å²) in [5.74, 6) is 0. The lowest BCUT2D eigenvalue weighted by atomic mass is 9.88. The molecule has 2 saturated carbocycles. The zero-order chi connectivity index (χ0) is 11.2. The van der Waals surface area contributed by atoms with Crippen LogP contribution in [-0.4, -0.2) is 11.0 Å².